The first-order valence-electron chi connectivity index (χ1n) is 42.8. The Hall–Kier alpha value is -1.60. The number of phosphoric acid groups is 1. The van der Waals surface area contributed by atoms with Crippen molar-refractivity contribution in [2.45, 2.75) is 468 Å². The monoisotopic (exact) mass is 1410 g/mol. The third-order valence-electron chi connectivity index (χ3n) is 23.8. The van der Waals surface area contributed by atoms with Gasteiger partial charge >= 0.3 is 25.7 Å². The Bertz CT molecular complexity index is 1730. The van der Waals surface area contributed by atoms with Crippen LogP contribution < -0.4 is 0 Å². The summed E-state index contributed by atoms with van der Waals surface area (Å²) in [5.74, 6) is -1.05. The van der Waals surface area contributed by atoms with E-state index in [0.717, 1.165) is 57.8 Å². The number of hydrogen-bond acceptors (Lipinski definition) is 10. The van der Waals surface area contributed by atoms with E-state index in [1.165, 1.54) is 233 Å². The van der Waals surface area contributed by atoms with Gasteiger partial charge in [-0.05, 0) is 101 Å². The van der Waals surface area contributed by atoms with Gasteiger partial charge in [0.2, 0.25) is 17.2 Å². The largest absolute Gasteiger partial charge is 0.489 e. The van der Waals surface area contributed by atoms with E-state index in [-0.39, 0.29) is 37.2 Å². The van der Waals surface area contributed by atoms with Gasteiger partial charge in [0, 0.05) is 41.5 Å². The Labute approximate surface area is 610 Å². The molecule has 0 N–H and O–H groups in total. The first-order chi connectivity index (χ1) is 47.0. The highest BCUT2D eigenvalue weighted by atomic mass is 31.2. The summed E-state index contributed by atoms with van der Waals surface area (Å²) in [5, 5.41) is 0. The van der Waals surface area contributed by atoms with Crippen molar-refractivity contribution in [2.24, 2.45) is 0 Å². The van der Waals surface area contributed by atoms with Gasteiger partial charge in [-0.15, -0.1) is 0 Å². The lowest BCUT2D eigenvalue weighted by Gasteiger charge is -2.55. The SMILES string of the molecule is CCCCCCCCCCCCCCCCC(CC(C)(OP(=O)(OC(C)(CC(CCCCCCCCCCCCCCCC)OC(C)=O)[N+](CC)(CC)CC)OC(C)(CC(CCCCCCCCCCCCCCCC)OC(C)=O)[N+](CC)(CC)CC)[N+](CC)(CC)CC)OC(C)=O. The van der Waals surface area contributed by atoms with E-state index >= 15 is 4.57 Å². The summed E-state index contributed by atoms with van der Waals surface area (Å²) in [7, 11) is -4.92. The molecule has 6 unspecified atom stereocenters. The predicted octanol–water partition coefficient (Wildman–Crippen LogP) is 25.5. The number of phosphoric ester groups is 1. The smallest absolute Gasteiger partial charge is 0.462 e. The van der Waals surface area contributed by atoms with E-state index in [1.54, 1.807) is 0 Å². The van der Waals surface area contributed by atoms with Gasteiger partial charge in [0.15, 0.2) is 0 Å². The molecule has 0 rings (SSSR count). The number of carbonyl (C=O) groups excluding carboxylic acids is 3. The van der Waals surface area contributed by atoms with E-state index in [2.05, 4.69) is 104 Å². The van der Waals surface area contributed by atoms with Crippen molar-refractivity contribution in [3.63, 3.8) is 0 Å². The van der Waals surface area contributed by atoms with Crippen LogP contribution in [0.3, 0.4) is 0 Å². The second-order valence-electron chi connectivity index (χ2n) is 31.0. The molecule has 0 aromatic carbocycles. The van der Waals surface area contributed by atoms with Crippen molar-refractivity contribution in [3.05, 3.63) is 0 Å². The van der Waals surface area contributed by atoms with Gasteiger partial charge in [0.1, 0.15) is 18.3 Å². The van der Waals surface area contributed by atoms with Crippen LogP contribution in [0, 0.1) is 0 Å². The van der Waals surface area contributed by atoms with Crippen LogP contribution in [-0.2, 0) is 46.7 Å². The lowest BCUT2D eigenvalue weighted by atomic mass is 9.97. The van der Waals surface area contributed by atoms with Crippen molar-refractivity contribution in [1.82, 2.24) is 0 Å². The molecule has 13 nitrogen and oxygen atoms in total. The maximum absolute atomic E-state index is 17.9. The zero-order chi connectivity index (χ0) is 73.5. The summed E-state index contributed by atoms with van der Waals surface area (Å²) in [6.45, 7) is 42.9. The Morgan fingerprint density at radius 2 is 0.408 bits per heavy atom. The topological polar surface area (TPSA) is 124 Å². The molecule has 0 aromatic rings. The summed E-state index contributed by atoms with van der Waals surface area (Å²) in [4.78, 5) is 40.1. The average molecular weight is 1410 g/mol. The van der Waals surface area contributed by atoms with E-state index in [0.29, 0.717) is 91.6 Å². The minimum atomic E-state index is -4.92. The molecule has 0 amide bonds. The van der Waals surface area contributed by atoms with E-state index in [4.69, 9.17) is 27.8 Å². The fourth-order valence-electron chi connectivity index (χ4n) is 17.0. The Morgan fingerprint density at radius 1 is 0.265 bits per heavy atom. The number of rotatable bonds is 72. The first-order valence-corrected chi connectivity index (χ1v) is 44.2. The molecule has 0 aromatic heterocycles. The second kappa shape index (κ2) is 57.7. The minimum absolute atomic E-state index is 0.264. The maximum atomic E-state index is 17.9. The molecular weight excluding hydrogens is 1240 g/mol. The fourth-order valence-corrected chi connectivity index (χ4v) is 19.3. The molecule has 0 aliphatic carbocycles. The molecule has 0 saturated heterocycles. The van der Waals surface area contributed by atoms with Crippen molar-refractivity contribution in [3.8, 4) is 0 Å². The number of esters is 3. The van der Waals surface area contributed by atoms with Crippen LogP contribution >= 0.6 is 7.82 Å². The quantitative estimate of drug-likeness (QED) is 0.0145. The molecule has 0 aliphatic rings. The number of unbranched alkanes of at least 4 members (excludes halogenated alkanes) is 39. The van der Waals surface area contributed by atoms with Crippen molar-refractivity contribution in [2.75, 3.05) is 58.9 Å². The van der Waals surface area contributed by atoms with Crippen LogP contribution in [0.5, 0.6) is 0 Å². The van der Waals surface area contributed by atoms with Gasteiger partial charge in [-0.25, -0.2) is 18.1 Å². The van der Waals surface area contributed by atoms with Crippen LogP contribution in [0.2, 0.25) is 0 Å². The summed E-state index contributed by atoms with van der Waals surface area (Å²) >= 11 is 0. The van der Waals surface area contributed by atoms with Gasteiger partial charge in [-0.3, -0.25) is 27.8 Å². The first kappa shape index (κ1) is 96.4. The van der Waals surface area contributed by atoms with Gasteiger partial charge in [0.05, 0.1) is 78.2 Å². The number of ether oxygens (including phenoxy) is 3. The van der Waals surface area contributed by atoms with E-state index < -0.39 is 43.3 Å². The Morgan fingerprint density at radius 3 is 0.541 bits per heavy atom. The zero-order valence-corrected chi connectivity index (χ0v) is 69.8. The summed E-state index contributed by atoms with van der Waals surface area (Å²) in [6, 6.07) is 0. The number of quaternary nitrogens is 3. The van der Waals surface area contributed by atoms with Crippen molar-refractivity contribution < 1.29 is 60.2 Å². The summed E-state index contributed by atoms with van der Waals surface area (Å²) < 4.78 is 61.7. The number of nitrogens with zero attached hydrogens (tertiary/aromatic N) is 3. The molecule has 584 valence electrons. The predicted molar refractivity (Wildman–Crippen MR) is 417 cm³/mol. The van der Waals surface area contributed by atoms with Gasteiger partial charge in [-0.1, -0.05) is 271 Å². The molecule has 0 fully saturated rings. The minimum Gasteiger partial charge on any atom is -0.462 e. The molecule has 0 bridgehead atoms. The van der Waals surface area contributed by atoms with Crippen molar-refractivity contribution in [1.29, 1.82) is 0 Å². The van der Waals surface area contributed by atoms with Crippen LogP contribution in [0.25, 0.3) is 0 Å². The lowest BCUT2D eigenvalue weighted by molar-refractivity contribution is -0.998. The summed E-state index contributed by atoms with van der Waals surface area (Å²) in [6.07, 6.45) is 53.7. The van der Waals surface area contributed by atoms with Crippen molar-refractivity contribution >= 4 is 25.7 Å². The molecule has 0 spiro atoms. The lowest BCUT2D eigenvalue weighted by Crippen LogP contribution is -2.68. The van der Waals surface area contributed by atoms with E-state index in [9.17, 15) is 14.4 Å². The highest BCUT2D eigenvalue weighted by Gasteiger charge is 2.62. The third kappa shape index (κ3) is 39.0. The van der Waals surface area contributed by atoms with Crippen LogP contribution in [0.1, 0.15) is 433 Å². The van der Waals surface area contributed by atoms with Crippen LogP contribution in [-0.4, -0.2) is 126 Å². The van der Waals surface area contributed by atoms with Gasteiger partial charge in [-0.2, -0.15) is 0 Å². The van der Waals surface area contributed by atoms with Gasteiger partial charge < -0.3 is 14.2 Å². The molecule has 14 heteroatoms. The molecule has 0 aliphatic heterocycles. The maximum Gasteiger partial charge on any atom is 0.489 e. The highest BCUT2D eigenvalue weighted by molar-refractivity contribution is 7.48. The molecule has 98 heavy (non-hydrogen) atoms. The molecule has 6 atom stereocenters. The highest BCUT2D eigenvalue weighted by Crippen LogP contribution is 2.63. The zero-order valence-electron chi connectivity index (χ0n) is 68.9. The van der Waals surface area contributed by atoms with Crippen LogP contribution in [0.4, 0.5) is 0 Å². The van der Waals surface area contributed by atoms with E-state index in [1.807, 2.05) is 0 Å². The number of carbonyl (C=O) groups is 3. The fraction of sp³-hybridized carbons (Fsp3) is 0.964. The van der Waals surface area contributed by atoms with Gasteiger partial charge in [0.25, 0.3) is 0 Å². The molecule has 0 saturated carbocycles. The van der Waals surface area contributed by atoms with Crippen LogP contribution in [0.15, 0.2) is 0 Å². The average Bonchev–Trinajstić information content (AvgIpc) is 0.737. The number of hydrogen-bond donors (Lipinski definition) is 0. The summed E-state index contributed by atoms with van der Waals surface area (Å²) in [5.41, 5.74) is -3.84. The molecular formula is C84H171N3O10P+3. The third-order valence-corrected chi connectivity index (χ3v) is 25.7. The Balaban J connectivity index is 7.88. The standard InChI is InChI=1S/C84H171N3O10P/c1-19-31-34-37-40-43-46-49-52-55-58-61-64-67-70-79(92-76(13)88)73-82(16,85(22-4,23-5)24-6)95-98(91,96-83(17,86(25-7,26-8)27-9)74-80(93-77(14)89)71-68-65-62-59-56-53-50-47-44-41-38-35-32-20-2)97-84(18,87(28-10,29-11)30-12)75-81(94-78(15)90)72-69-66-63-60-57-54-51-48-45-42-39-36-33-21-3/h79-81H,19-75H2,1-18H3/q+3. The normalized spacial score (nSPS) is 15.8. The molecule has 0 heterocycles. The molecule has 0 radical (unpaired) electrons. The Kier molecular flexibility index (Phi) is 56.7. The second-order valence-corrected chi connectivity index (χ2v) is 32.4.